The van der Waals surface area contributed by atoms with Crippen LogP contribution in [0.5, 0.6) is 0 Å². The first kappa shape index (κ1) is 17.0. The van der Waals surface area contributed by atoms with Crippen LogP contribution in [0, 0.1) is 5.92 Å². The number of carbonyl (C=O) groups excluding carboxylic acids is 1. The molecule has 1 amide bonds. The fourth-order valence-corrected chi connectivity index (χ4v) is 4.26. The minimum atomic E-state index is 0.294. The molecule has 3 aliphatic heterocycles. The predicted molar refractivity (Wildman–Crippen MR) is 95.1 cm³/mol. The highest BCUT2D eigenvalue weighted by atomic mass is 16.2. The van der Waals surface area contributed by atoms with Crippen molar-refractivity contribution in [2.24, 2.45) is 5.92 Å². The summed E-state index contributed by atoms with van der Waals surface area (Å²) in [4.78, 5) is 17.0. The van der Waals surface area contributed by atoms with Crippen molar-refractivity contribution in [3.8, 4) is 0 Å². The third-order valence-electron chi connectivity index (χ3n) is 6.01. The Morgan fingerprint density at radius 1 is 1.12 bits per heavy atom. The van der Waals surface area contributed by atoms with Gasteiger partial charge in [-0.05, 0) is 38.1 Å². The summed E-state index contributed by atoms with van der Waals surface area (Å²) in [7, 11) is 0. The van der Waals surface area contributed by atoms with Crippen molar-refractivity contribution in [3.63, 3.8) is 0 Å². The van der Waals surface area contributed by atoms with Crippen molar-refractivity contribution >= 4 is 5.91 Å². The molecule has 4 heterocycles. The molecule has 138 valence electrons. The molecule has 7 nitrogen and oxygen atoms in total. The van der Waals surface area contributed by atoms with Gasteiger partial charge in [0.25, 0.3) is 0 Å². The minimum absolute atomic E-state index is 0.294. The molecule has 1 atom stereocenters. The van der Waals surface area contributed by atoms with E-state index in [0.29, 0.717) is 18.5 Å². The molecule has 0 aliphatic carbocycles. The summed E-state index contributed by atoms with van der Waals surface area (Å²) in [6, 6.07) is 0.352. The van der Waals surface area contributed by atoms with Gasteiger partial charge in [0.05, 0.1) is 12.6 Å². The molecule has 1 aromatic heterocycles. The molecule has 0 saturated carbocycles. The van der Waals surface area contributed by atoms with Gasteiger partial charge in [-0.2, -0.15) is 0 Å². The van der Waals surface area contributed by atoms with Crippen molar-refractivity contribution in [2.45, 2.75) is 51.6 Å². The quantitative estimate of drug-likeness (QED) is 0.878. The minimum Gasteiger partial charge on any atom is -0.342 e. The number of fused-ring (bicyclic) bond motifs is 1. The molecule has 1 N–H and O–H groups in total. The number of carbonyl (C=O) groups is 1. The van der Waals surface area contributed by atoms with Gasteiger partial charge in [-0.15, -0.1) is 10.2 Å². The average molecular weight is 346 g/mol. The normalized spacial score (nSPS) is 25.8. The number of amides is 1. The Hall–Kier alpha value is -1.47. The van der Waals surface area contributed by atoms with E-state index in [9.17, 15) is 4.79 Å². The fraction of sp³-hybridized carbons (Fsp3) is 0.833. The van der Waals surface area contributed by atoms with E-state index in [1.165, 1.54) is 6.42 Å². The van der Waals surface area contributed by atoms with Gasteiger partial charge in [0.2, 0.25) is 5.91 Å². The van der Waals surface area contributed by atoms with Crippen molar-refractivity contribution in [2.75, 3.05) is 39.3 Å². The van der Waals surface area contributed by atoms with Crippen LogP contribution in [-0.4, -0.2) is 69.7 Å². The summed E-state index contributed by atoms with van der Waals surface area (Å²) in [5.74, 6) is 3.22. The smallest absolute Gasteiger partial charge is 0.236 e. The molecular weight excluding hydrogens is 316 g/mol. The third kappa shape index (κ3) is 3.72. The van der Waals surface area contributed by atoms with Crippen LogP contribution in [-0.2, 0) is 17.8 Å². The Labute approximate surface area is 149 Å². The largest absolute Gasteiger partial charge is 0.342 e. The number of nitrogens with one attached hydrogen (secondary N) is 1. The van der Waals surface area contributed by atoms with Crippen LogP contribution < -0.4 is 5.32 Å². The first-order valence-electron chi connectivity index (χ1n) is 9.86. The van der Waals surface area contributed by atoms with E-state index in [-0.39, 0.29) is 0 Å². The fourth-order valence-electron chi connectivity index (χ4n) is 4.26. The van der Waals surface area contributed by atoms with Gasteiger partial charge in [-0.3, -0.25) is 9.69 Å². The number of aromatic nitrogens is 3. The lowest BCUT2D eigenvalue weighted by molar-refractivity contribution is -0.133. The maximum absolute atomic E-state index is 12.6. The Morgan fingerprint density at radius 3 is 2.72 bits per heavy atom. The molecule has 25 heavy (non-hydrogen) atoms. The van der Waals surface area contributed by atoms with Crippen LogP contribution >= 0.6 is 0 Å². The van der Waals surface area contributed by atoms with E-state index in [1.54, 1.807) is 0 Å². The van der Waals surface area contributed by atoms with Crippen LogP contribution in [0.1, 0.15) is 50.3 Å². The molecule has 0 bridgehead atoms. The molecule has 2 fully saturated rings. The predicted octanol–water partition coefficient (Wildman–Crippen LogP) is 0.819. The van der Waals surface area contributed by atoms with Gasteiger partial charge in [0, 0.05) is 39.1 Å². The van der Waals surface area contributed by atoms with E-state index in [4.69, 9.17) is 0 Å². The number of rotatable bonds is 3. The second-order valence-corrected chi connectivity index (χ2v) is 7.86. The highest BCUT2D eigenvalue weighted by molar-refractivity contribution is 5.78. The molecule has 2 saturated heterocycles. The maximum atomic E-state index is 12.6. The molecule has 7 heteroatoms. The van der Waals surface area contributed by atoms with E-state index >= 15 is 0 Å². The van der Waals surface area contributed by atoms with Crippen molar-refractivity contribution in [1.29, 1.82) is 0 Å². The number of hydrogen-bond acceptors (Lipinski definition) is 5. The molecule has 0 radical (unpaired) electrons. The first-order valence-corrected chi connectivity index (χ1v) is 9.86. The van der Waals surface area contributed by atoms with E-state index in [2.05, 4.69) is 36.8 Å². The highest BCUT2D eigenvalue weighted by Crippen LogP contribution is 2.23. The number of hydrogen-bond donors (Lipinski definition) is 1. The van der Waals surface area contributed by atoms with Crippen LogP contribution in [0.25, 0.3) is 0 Å². The monoisotopic (exact) mass is 346 g/mol. The van der Waals surface area contributed by atoms with Crippen molar-refractivity contribution < 1.29 is 4.79 Å². The Morgan fingerprint density at radius 2 is 1.96 bits per heavy atom. The Balaban J connectivity index is 1.35. The summed E-state index contributed by atoms with van der Waals surface area (Å²) >= 11 is 0. The summed E-state index contributed by atoms with van der Waals surface area (Å²) in [6.07, 6.45) is 5.52. The summed E-state index contributed by atoms with van der Waals surface area (Å²) in [6.45, 7) is 8.44. The van der Waals surface area contributed by atoms with Gasteiger partial charge < -0.3 is 14.8 Å². The zero-order chi connectivity index (χ0) is 17.2. The topological polar surface area (TPSA) is 66.3 Å². The highest BCUT2D eigenvalue weighted by Gasteiger charge is 2.27. The van der Waals surface area contributed by atoms with Gasteiger partial charge in [-0.25, -0.2) is 0 Å². The molecule has 0 spiro atoms. The molecule has 0 aromatic carbocycles. The standard InChI is InChI=1S/C18H30N6O/c1-14-4-9-23(10-5-14)17(25)13-22-8-6-16-20-21-18(24(16)12-11-22)15-3-2-7-19-15/h14-15,19H,2-13H2,1H3/t15-/m1/s1. The lowest BCUT2D eigenvalue weighted by Gasteiger charge is -2.32. The molecule has 1 aromatic rings. The van der Waals surface area contributed by atoms with Crippen molar-refractivity contribution in [1.82, 2.24) is 29.9 Å². The molecule has 3 aliphatic rings. The molecule has 4 rings (SSSR count). The lowest BCUT2D eigenvalue weighted by atomic mass is 9.99. The summed E-state index contributed by atoms with van der Waals surface area (Å²) in [5, 5.41) is 12.4. The van der Waals surface area contributed by atoms with Gasteiger partial charge >= 0.3 is 0 Å². The molecule has 0 unspecified atom stereocenters. The van der Waals surface area contributed by atoms with E-state index in [1.807, 2.05) is 0 Å². The maximum Gasteiger partial charge on any atom is 0.236 e. The zero-order valence-corrected chi connectivity index (χ0v) is 15.3. The summed E-state index contributed by atoms with van der Waals surface area (Å²) in [5.41, 5.74) is 0. The second kappa shape index (κ2) is 7.41. The van der Waals surface area contributed by atoms with Crippen LogP contribution in [0.2, 0.25) is 0 Å². The van der Waals surface area contributed by atoms with Crippen molar-refractivity contribution in [3.05, 3.63) is 11.6 Å². The summed E-state index contributed by atoms with van der Waals surface area (Å²) < 4.78 is 2.29. The molecular formula is C18H30N6O. The van der Waals surface area contributed by atoms with Gasteiger partial charge in [0.15, 0.2) is 0 Å². The lowest BCUT2D eigenvalue weighted by Crippen LogP contribution is -2.44. The van der Waals surface area contributed by atoms with Crippen LogP contribution in [0.3, 0.4) is 0 Å². The zero-order valence-electron chi connectivity index (χ0n) is 15.3. The van der Waals surface area contributed by atoms with Gasteiger partial charge in [-0.1, -0.05) is 6.92 Å². The SMILES string of the molecule is CC1CCN(C(=O)CN2CCc3nnc([C@H]4CCCN4)n3CC2)CC1. The van der Waals surface area contributed by atoms with E-state index in [0.717, 1.165) is 82.5 Å². The van der Waals surface area contributed by atoms with Crippen LogP contribution in [0.4, 0.5) is 0 Å². The number of likely N-dealkylation sites (tertiary alicyclic amines) is 1. The van der Waals surface area contributed by atoms with E-state index < -0.39 is 0 Å². The number of nitrogens with zero attached hydrogens (tertiary/aromatic N) is 5. The average Bonchev–Trinajstić information content (AvgIpc) is 3.23. The third-order valence-corrected chi connectivity index (χ3v) is 6.01. The van der Waals surface area contributed by atoms with Crippen LogP contribution in [0.15, 0.2) is 0 Å². The first-order chi connectivity index (χ1) is 12.2. The Kier molecular flexibility index (Phi) is 5.03. The second-order valence-electron chi connectivity index (χ2n) is 7.86. The number of piperidine rings is 1. The van der Waals surface area contributed by atoms with Gasteiger partial charge in [0.1, 0.15) is 11.6 Å². The Bertz CT molecular complexity index is 601.